The molecule has 2 fully saturated rings. The third-order valence-electron chi connectivity index (χ3n) is 5.44. The number of hydrogen-bond acceptors (Lipinski definition) is 4. The van der Waals surface area contributed by atoms with Gasteiger partial charge in [-0.2, -0.15) is 0 Å². The molecule has 0 bridgehead atoms. The molecule has 3 heterocycles. The molecule has 2 N–H and O–H groups in total. The number of halogens is 1. The van der Waals surface area contributed by atoms with Crippen molar-refractivity contribution in [3.8, 4) is 5.75 Å². The SMILES string of the molecule is Cl.O=C1Nc2ccccc2OC1CC(=O)N1CC[C@@H]2CNC[C@@H]2CC1. The number of nitrogens with one attached hydrogen (secondary N) is 2. The van der Waals surface area contributed by atoms with E-state index in [1.54, 1.807) is 6.07 Å². The Morgan fingerprint density at radius 2 is 1.84 bits per heavy atom. The van der Waals surface area contributed by atoms with Crippen LogP contribution in [-0.4, -0.2) is 49.0 Å². The van der Waals surface area contributed by atoms with E-state index in [2.05, 4.69) is 10.6 Å². The minimum atomic E-state index is -0.739. The summed E-state index contributed by atoms with van der Waals surface area (Å²) in [5.74, 6) is 1.78. The smallest absolute Gasteiger partial charge is 0.266 e. The lowest BCUT2D eigenvalue weighted by molar-refractivity contribution is -0.137. The lowest BCUT2D eigenvalue weighted by atomic mass is 9.92. The zero-order valence-electron chi connectivity index (χ0n) is 14.1. The largest absolute Gasteiger partial charge is 0.478 e. The van der Waals surface area contributed by atoms with Gasteiger partial charge in [-0.15, -0.1) is 12.4 Å². The number of carbonyl (C=O) groups excluding carboxylic acids is 2. The summed E-state index contributed by atoms with van der Waals surface area (Å²) in [6.07, 6.45) is 1.46. The molecule has 25 heavy (non-hydrogen) atoms. The predicted octanol–water partition coefficient (Wildman–Crippen LogP) is 1.66. The maximum Gasteiger partial charge on any atom is 0.266 e. The Labute approximate surface area is 153 Å². The zero-order chi connectivity index (χ0) is 16.5. The van der Waals surface area contributed by atoms with E-state index >= 15 is 0 Å². The number of fused-ring (bicyclic) bond motifs is 2. The first-order valence-corrected chi connectivity index (χ1v) is 8.76. The Bertz CT molecular complexity index is 640. The summed E-state index contributed by atoms with van der Waals surface area (Å²) in [5, 5.41) is 6.26. The minimum absolute atomic E-state index is 0. The number of para-hydroxylation sites is 2. The van der Waals surface area contributed by atoms with Gasteiger partial charge in [0.05, 0.1) is 12.1 Å². The molecule has 0 spiro atoms. The summed E-state index contributed by atoms with van der Waals surface area (Å²) in [7, 11) is 0. The maximum atomic E-state index is 12.6. The van der Waals surface area contributed by atoms with Crippen molar-refractivity contribution in [2.45, 2.75) is 25.4 Å². The molecular weight excluding hydrogens is 342 g/mol. The summed E-state index contributed by atoms with van der Waals surface area (Å²) >= 11 is 0. The van der Waals surface area contributed by atoms with E-state index in [1.807, 2.05) is 23.1 Å². The summed E-state index contributed by atoms with van der Waals surface area (Å²) in [4.78, 5) is 26.7. The van der Waals surface area contributed by atoms with Crippen LogP contribution in [-0.2, 0) is 9.59 Å². The first-order chi connectivity index (χ1) is 11.7. The molecule has 0 aliphatic carbocycles. The van der Waals surface area contributed by atoms with Crippen molar-refractivity contribution in [1.29, 1.82) is 0 Å². The Kier molecular flexibility index (Phi) is 5.49. The summed E-state index contributed by atoms with van der Waals surface area (Å²) in [6.45, 7) is 3.70. The summed E-state index contributed by atoms with van der Waals surface area (Å²) in [5.41, 5.74) is 0.668. The van der Waals surface area contributed by atoms with Crippen molar-refractivity contribution in [2.24, 2.45) is 11.8 Å². The molecule has 3 atom stereocenters. The zero-order valence-corrected chi connectivity index (χ0v) is 14.9. The predicted molar refractivity (Wildman–Crippen MR) is 97.0 cm³/mol. The maximum absolute atomic E-state index is 12.6. The molecule has 7 heteroatoms. The van der Waals surface area contributed by atoms with E-state index in [4.69, 9.17) is 4.74 Å². The van der Waals surface area contributed by atoms with Crippen molar-refractivity contribution in [3.63, 3.8) is 0 Å². The highest BCUT2D eigenvalue weighted by molar-refractivity contribution is 5.99. The van der Waals surface area contributed by atoms with Gasteiger partial charge >= 0.3 is 0 Å². The molecule has 2 saturated heterocycles. The summed E-state index contributed by atoms with van der Waals surface area (Å²) < 4.78 is 5.74. The van der Waals surface area contributed by atoms with E-state index in [0.29, 0.717) is 23.3 Å². The topological polar surface area (TPSA) is 70.7 Å². The van der Waals surface area contributed by atoms with Gasteiger partial charge in [-0.3, -0.25) is 9.59 Å². The Morgan fingerprint density at radius 1 is 1.16 bits per heavy atom. The monoisotopic (exact) mass is 365 g/mol. The lowest BCUT2D eigenvalue weighted by Crippen LogP contribution is -2.42. The van der Waals surface area contributed by atoms with Gasteiger partial charge in [0, 0.05) is 13.1 Å². The second-order valence-electron chi connectivity index (χ2n) is 6.93. The number of carbonyl (C=O) groups is 2. The Balaban J connectivity index is 0.00000182. The number of nitrogens with zero attached hydrogens (tertiary/aromatic N) is 1. The molecule has 3 aliphatic rings. The van der Waals surface area contributed by atoms with E-state index in [0.717, 1.165) is 39.0 Å². The average molecular weight is 366 g/mol. The van der Waals surface area contributed by atoms with Crippen molar-refractivity contribution in [2.75, 3.05) is 31.5 Å². The third-order valence-corrected chi connectivity index (χ3v) is 5.44. The Morgan fingerprint density at radius 3 is 2.56 bits per heavy atom. The van der Waals surface area contributed by atoms with Crippen LogP contribution in [0.2, 0.25) is 0 Å². The van der Waals surface area contributed by atoms with Crippen molar-refractivity contribution >= 4 is 29.9 Å². The molecule has 3 aliphatic heterocycles. The first-order valence-electron chi connectivity index (χ1n) is 8.76. The van der Waals surface area contributed by atoms with Gasteiger partial charge in [0.2, 0.25) is 5.91 Å². The molecule has 1 aromatic carbocycles. The molecule has 1 aromatic rings. The summed E-state index contributed by atoms with van der Waals surface area (Å²) in [6, 6.07) is 7.31. The normalized spacial score (nSPS) is 27.9. The van der Waals surface area contributed by atoms with Crippen molar-refractivity contribution in [1.82, 2.24) is 10.2 Å². The van der Waals surface area contributed by atoms with E-state index in [1.165, 1.54) is 0 Å². The molecule has 1 unspecified atom stereocenters. The van der Waals surface area contributed by atoms with E-state index in [-0.39, 0.29) is 30.6 Å². The fourth-order valence-electron chi connectivity index (χ4n) is 3.98. The van der Waals surface area contributed by atoms with Gasteiger partial charge in [-0.1, -0.05) is 12.1 Å². The van der Waals surface area contributed by atoms with E-state index in [9.17, 15) is 9.59 Å². The van der Waals surface area contributed by atoms with Gasteiger partial charge in [-0.05, 0) is 49.9 Å². The van der Waals surface area contributed by atoms with Crippen LogP contribution in [0.4, 0.5) is 5.69 Å². The van der Waals surface area contributed by atoms with Crippen molar-refractivity contribution in [3.05, 3.63) is 24.3 Å². The lowest BCUT2D eigenvalue weighted by Gasteiger charge is -2.28. The average Bonchev–Trinajstić information content (AvgIpc) is 2.93. The molecule has 0 aromatic heterocycles. The highest BCUT2D eigenvalue weighted by Gasteiger charge is 2.34. The number of anilines is 1. The van der Waals surface area contributed by atoms with Crippen LogP contribution in [0.25, 0.3) is 0 Å². The van der Waals surface area contributed by atoms with Gasteiger partial charge in [0.1, 0.15) is 5.75 Å². The fourth-order valence-corrected chi connectivity index (χ4v) is 3.98. The van der Waals surface area contributed by atoms with Gasteiger partial charge in [0.25, 0.3) is 5.91 Å². The first kappa shape index (κ1) is 18.0. The van der Waals surface area contributed by atoms with E-state index < -0.39 is 6.10 Å². The van der Waals surface area contributed by atoms with Crippen LogP contribution in [0.3, 0.4) is 0 Å². The van der Waals surface area contributed by atoms with Gasteiger partial charge in [0.15, 0.2) is 6.10 Å². The fraction of sp³-hybridized carbons (Fsp3) is 0.556. The number of amides is 2. The van der Waals surface area contributed by atoms with Crippen LogP contribution in [0, 0.1) is 11.8 Å². The molecule has 6 nitrogen and oxygen atoms in total. The highest BCUT2D eigenvalue weighted by atomic mass is 35.5. The third kappa shape index (κ3) is 3.75. The van der Waals surface area contributed by atoms with Crippen molar-refractivity contribution < 1.29 is 14.3 Å². The number of ether oxygens (including phenoxy) is 1. The number of hydrogen-bond donors (Lipinski definition) is 2. The molecule has 0 radical (unpaired) electrons. The number of rotatable bonds is 2. The Hall–Kier alpha value is -1.79. The second kappa shape index (κ2) is 7.62. The van der Waals surface area contributed by atoms with Crippen LogP contribution in [0.1, 0.15) is 19.3 Å². The van der Waals surface area contributed by atoms with Crippen LogP contribution in [0.15, 0.2) is 24.3 Å². The molecular formula is C18H24ClN3O3. The standard InChI is InChI=1S/C18H23N3O3.ClH/c22-17(21-7-5-12-10-19-11-13(12)6-8-21)9-16-18(23)20-14-3-1-2-4-15(14)24-16;/h1-4,12-13,16,19H,5-11H2,(H,20,23);1H/t12-,13+,16?;. The second-order valence-corrected chi connectivity index (χ2v) is 6.93. The number of likely N-dealkylation sites (tertiary alicyclic amines) is 1. The molecule has 0 saturated carbocycles. The quantitative estimate of drug-likeness (QED) is 0.836. The molecule has 136 valence electrons. The van der Waals surface area contributed by atoms with Gasteiger partial charge < -0.3 is 20.3 Å². The van der Waals surface area contributed by atoms with Crippen LogP contribution < -0.4 is 15.4 Å². The highest BCUT2D eigenvalue weighted by Crippen LogP contribution is 2.31. The molecule has 2 amide bonds. The molecule has 4 rings (SSSR count). The minimum Gasteiger partial charge on any atom is -0.478 e. The van der Waals surface area contributed by atoms with Crippen LogP contribution in [0.5, 0.6) is 5.75 Å². The van der Waals surface area contributed by atoms with Gasteiger partial charge in [-0.25, -0.2) is 0 Å². The van der Waals surface area contributed by atoms with Crippen LogP contribution >= 0.6 is 12.4 Å². The number of benzene rings is 1.